The molecule has 0 aliphatic heterocycles. The van der Waals surface area contributed by atoms with Crippen LogP contribution in [0, 0.1) is 5.41 Å². The van der Waals surface area contributed by atoms with Gasteiger partial charge >= 0.3 is 0 Å². The highest BCUT2D eigenvalue weighted by Gasteiger charge is 2.27. The van der Waals surface area contributed by atoms with E-state index in [1.165, 1.54) is 6.92 Å². The van der Waals surface area contributed by atoms with Gasteiger partial charge in [0.1, 0.15) is 12.4 Å². The zero-order valence-corrected chi connectivity index (χ0v) is 10.8. The van der Waals surface area contributed by atoms with Crippen molar-refractivity contribution < 1.29 is 14.3 Å². The summed E-state index contributed by atoms with van der Waals surface area (Å²) in [5.74, 6) is 5.32. The third-order valence-corrected chi connectivity index (χ3v) is 2.59. The Morgan fingerprint density at radius 1 is 1.39 bits per heavy atom. The molecular formula is C13H18N2O3. The van der Waals surface area contributed by atoms with E-state index in [1.807, 2.05) is 0 Å². The molecule has 1 rings (SSSR count). The number of Topliss-reactive ketones (excluding diaryl/α,β-unsaturated/α-hetero) is 1. The van der Waals surface area contributed by atoms with Crippen LogP contribution in [0.1, 0.15) is 31.1 Å². The topological polar surface area (TPSA) is 81.4 Å². The summed E-state index contributed by atoms with van der Waals surface area (Å²) in [5.41, 5.74) is 1.94. The normalized spacial score (nSPS) is 10.9. The number of carbonyl (C=O) groups is 2. The van der Waals surface area contributed by atoms with Gasteiger partial charge in [0.05, 0.1) is 5.41 Å². The van der Waals surface area contributed by atoms with Crippen LogP contribution in [-0.4, -0.2) is 18.3 Å². The number of hydrogen-bond acceptors (Lipinski definition) is 4. The molecule has 0 unspecified atom stereocenters. The summed E-state index contributed by atoms with van der Waals surface area (Å²) in [5, 5.41) is 0. The van der Waals surface area contributed by atoms with Gasteiger partial charge < -0.3 is 4.74 Å². The lowest BCUT2D eigenvalue weighted by molar-refractivity contribution is -0.130. The molecule has 1 aromatic rings. The van der Waals surface area contributed by atoms with E-state index in [4.69, 9.17) is 10.6 Å². The number of hydrazine groups is 1. The van der Waals surface area contributed by atoms with E-state index in [1.54, 1.807) is 38.1 Å². The maximum absolute atomic E-state index is 11.5. The number of rotatable bonds is 5. The Bertz CT molecular complexity index is 455. The molecule has 3 N–H and O–H groups in total. The van der Waals surface area contributed by atoms with E-state index >= 15 is 0 Å². The largest absolute Gasteiger partial charge is 0.492 e. The predicted octanol–water partition coefficient (Wildman–Crippen LogP) is 1.28. The van der Waals surface area contributed by atoms with Crippen molar-refractivity contribution in [2.75, 3.05) is 6.61 Å². The fraction of sp³-hybridized carbons (Fsp3) is 0.385. The van der Waals surface area contributed by atoms with Crippen molar-refractivity contribution in [1.82, 2.24) is 5.43 Å². The van der Waals surface area contributed by atoms with Crippen LogP contribution < -0.4 is 16.0 Å². The number of benzene rings is 1. The van der Waals surface area contributed by atoms with E-state index in [0.717, 1.165) is 0 Å². The SMILES string of the molecule is CC(=O)c1cccc(OCC(C)(C)C(=O)NN)c1. The highest BCUT2D eigenvalue weighted by molar-refractivity contribution is 5.94. The smallest absolute Gasteiger partial charge is 0.242 e. The third kappa shape index (κ3) is 3.56. The van der Waals surface area contributed by atoms with Crippen molar-refractivity contribution >= 4 is 11.7 Å². The molecule has 0 spiro atoms. The van der Waals surface area contributed by atoms with Crippen LogP contribution in [0.4, 0.5) is 0 Å². The first-order valence-corrected chi connectivity index (χ1v) is 5.61. The Labute approximate surface area is 106 Å². The first kappa shape index (κ1) is 14.2. The van der Waals surface area contributed by atoms with Crippen LogP contribution in [-0.2, 0) is 4.79 Å². The minimum Gasteiger partial charge on any atom is -0.492 e. The molecule has 5 heteroatoms. The molecule has 0 fully saturated rings. The molecule has 0 aliphatic carbocycles. The summed E-state index contributed by atoms with van der Waals surface area (Å²) in [6.45, 7) is 5.12. The van der Waals surface area contributed by atoms with E-state index in [0.29, 0.717) is 11.3 Å². The van der Waals surface area contributed by atoms with E-state index in [9.17, 15) is 9.59 Å². The molecule has 18 heavy (non-hydrogen) atoms. The fourth-order valence-corrected chi connectivity index (χ4v) is 1.33. The number of ether oxygens (including phenoxy) is 1. The number of ketones is 1. The van der Waals surface area contributed by atoms with Crippen LogP contribution in [0.5, 0.6) is 5.75 Å². The summed E-state index contributed by atoms with van der Waals surface area (Å²) < 4.78 is 5.52. The highest BCUT2D eigenvalue weighted by Crippen LogP contribution is 2.19. The van der Waals surface area contributed by atoms with Gasteiger partial charge in [-0.3, -0.25) is 15.0 Å². The monoisotopic (exact) mass is 250 g/mol. The first-order chi connectivity index (χ1) is 8.36. The van der Waals surface area contributed by atoms with Crippen LogP contribution in [0.15, 0.2) is 24.3 Å². The Balaban J connectivity index is 2.72. The van der Waals surface area contributed by atoms with E-state index in [2.05, 4.69) is 5.43 Å². The van der Waals surface area contributed by atoms with Gasteiger partial charge in [-0.25, -0.2) is 5.84 Å². The van der Waals surface area contributed by atoms with Crippen molar-refractivity contribution in [3.63, 3.8) is 0 Å². The van der Waals surface area contributed by atoms with Gasteiger partial charge in [0.15, 0.2) is 5.78 Å². The van der Waals surface area contributed by atoms with Crippen molar-refractivity contribution in [2.45, 2.75) is 20.8 Å². The Hall–Kier alpha value is -1.88. The second-order valence-electron chi connectivity index (χ2n) is 4.73. The minimum atomic E-state index is -0.735. The Morgan fingerprint density at radius 2 is 2.06 bits per heavy atom. The maximum atomic E-state index is 11.5. The molecule has 5 nitrogen and oxygen atoms in total. The van der Waals surface area contributed by atoms with Crippen LogP contribution in [0.25, 0.3) is 0 Å². The zero-order valence-electron chi connectivity index (χ0n) is 10.8. The third-order valence-electron chi connectivity index (χ3n) is 2.59. The molecule has 0 saturated heterocycles. The lowest BCUT2D eigenvalue weighted by Crippen LogP contribution is -2.44. The van der Waals surface area contributed by atoms with Gasteiger partial charge in [-0.15, -0.1) is 0 Å². The first-order valence-electron chi connectivity index (χ1n) is 5.61. The van der Waals surface area contributed by atoms with E-state index in [-0.39, 0.29) is 18.3 Å². The second kappa shape index (κ2) is 5.64. The molecule has 0 radical (unpaired) electrons. The van der Waals surface area contributed by atoms with Gasteiger partial charge in [0.2, 0.25) is 5.91 Å². The number of carbonyl (C=O) groups excluding carboxylic acids is 2. The zero-order chi connectivity index (χ0) is 13.8. The van der Waals surface area contributed by atoms with Gasteiger partial charge in [0.25, 0.3) is 0 Å². The molecule has 98 valence electrons. The summed E-state index contributed by atoms with van der Waals surface area (Å²) in [6.07, 6.45) is 0. The lowest BCUT2D eigenvalue weighted by atomic mass is 9.94. The summed E-state index contributed by atoms with van der Waals surface area (Å²) in [6, 6.07) is 6.84. The molecule has 0 saturated carbocycles. The van der Waals surface area contributed by atoms with Gasteiger partial charge in [0, 0.05) is 5.56 Å². The molecule has 0 heterocycles. The molecule has 0 aromatic heterocycles. The lowest BCUT2D eigenvalue weighted by Gasteiger charge is -2.22. The Kier molecular flexibility index (Phi) is 4.44. The van der Waals surface area contributed by atoms with Crippen molar-refractivity contribution in [1.29, 1.82) is 0 Å². The average molecular weight is 250 g/mol. The number of hydrogen-bond donors (Lipinski definition) is 2. The van der Waals surface area contributed by atoms with Crippen LogP contribution in [0.2, 0.25) is 0 Å². The molecule has 0 bridgehead atoms. The highest BCUT2D eigenvalue weighted by atomic mass is 16.5. The van der Waals surface area contributed by atoms with Gasteiger partial charge in [-0.1, -0.05) is 12.1 Å². The minimum absolute atomic E-state index is 0.0283. The average Bonchev–Trinajstić information content (AvgIpc) is 2.35. The standard InChI is InChI=1S/C13H18N2O3/c1-9(16)10-5-4-6-11(7-10)18-8-13(2,3)12(17)15-14/h4-7H,8,14H2,1-3H3,(H,15,17). The number of nitrogens with one attached hydrogen (secondary N) is 1. The fourth-order valence-electron chi connectivity index (χ4n) is 1.33. The van der Waals surface area contributed by atoms with Crippen molar-refractivity contribution in [3.05, 3.63) is 29.8 Å². The number of amides is 1. The summed E-state index contributed by atoms with van der Waals surface area (Å²) in [4.78, 5) is 22.7. The predicted molar refractivity (Wildman–Crippen MR) is 68.1 cm³/mol. The molecular weight excluding hydrogens is 232 g/mol. The van der Waals surface area contributed by atoms with Crippen LogP contribution >= 0.6 is 0 Å². The molecule has 0 aliphatic rings. The van der Waals surface area contributed by atoms with Gasteiger partial charge in [-0.2, -0.15) is 0 Å². The van der Waals surface area contributed by atoms with Crippen molar-refractivity contribution in [3.8, 4) is 5.75 Å². The Morgan fingerprint density at radius 3 is 2.61 bits per heavy atom. The molecule has 1 aromatic carbocycles. The summed E-state index contributed by atoms with van der Waals surface area (Å²) >= 11 is 0. The van der Waals surface area contributed by atoms with Crippen LogP contribution in [0.3, 0.4) is 0 Å². The maximum Gasteiger partial charge on any atom is 0.242 e. The number of nitrogens with two attached hydrogens (primary N) is 1. The summed E-state index contributed by atoms with van der Waals surface area (Å²) in [7, 11) is 0. The van der Waals surface area contributed by atoms with E-state index < -0.39 is 5.41 Å². The second-order valence-corrected chi connectivity index (χ2v) is 4.73. The van der Waals surface area contributed by atoms with Crippen molar-refractivity contribution in [2.24, 2.45) is 11.3 Å². The van der Waals surface area contributed by atoms with Gasteiger partial charge in [-0.05, 0) is 32.9 Å². The quantitative estimate of drug-likeness (QED) is 0.357. The molecule has 0 atom stereocenters. The molecule has 1 amide bonds.